The average Bonchev–Trinajstić information content (AvgIpc) is 3.49. The monoisotopic (exact) mass is 603 g/mol. The third-order valence-corrected chi connectivity index (χ3v) is 9.48. The van der Waals surface area contributed by atoms with Crippen LogP contribution in [0.2, 0.25) is 5.02 Å². The van der Waals surface area contributed by atoms with E-state index in [2.05, 4.69) is 14.8 Å². The van der Waals surface area contributed by atoms with Crippen molar-refractivity contribution < 1.29 is 19.0 Å². The summed E-state index contributed by atoms with van der Waals surface area (Å²) in [5.41, 5.74) is 3.26. The summed E-state index contributed by atoms with van der Waals surface area (Å²) in [6.45, 7) is 2.14. The number of nitrogens with zero attached hydrogens (tertiary/aromatic N) is 2. The summed E-state index contributed by atoms with van der Waals surface area (Å²) in [4.78, 5) is 15.6. The van der Waals surface area contributed by atoms with E-state index in [9.17, 15) is 14.3 Å². The molecule has 2 aliphatic heterocycles. The lowest BCUT2D eigenvalue weighted by molar-refractivity contribution is 0.0807. The van der Waals surface area contributed by atoms with Gasteiger partial charge in [0.1, 0.15) is 17.8 Å². The number of hydrogen-bond donors (Lipinski definition) is 2. The highest BCUT2D eigenvalue weighted by Gasteiger charge is 2.40. The van der Waals surface area contributed by atoms with Crippen molar-refractivity contribution in [2.75, 3.05) is 13.7 Å². The van der Waals surface area contributed by atoms with Gasteiger partial charge in [-0.25, -0.2) is 4.39 Å². The predicted octanol–water partition coefficient (Wildman–Crippen LogP) is 7.13. The van der Waals surface area contributed by atoms with Crippen LogP contribution in [0.5, 0.6) is 5.75 Å². The number of methoxy groups -OCH3 is 1. The number of aryl methyl sites for hydroxylation is 1. The molecule has 3 aromatic carbocycles. The molecule has 0 aliphatic carbocycles. The fraction of sp³-hybridized carbons (Fsp3) is 0.400. The number of carbonyl (C=O) groups excluding carboxylic acids is 1. The van der Waals surface area contributed by atoms with E-state index in [1.165, 1.54) is 25.0 Å². The Labute approximate surface area is 257 Å². The second-order valence-corrected chi connectivity index (χ2v) is 12.4. The van der Waals surface area contributed by atoms with Crippen LogP contribution < -0.4 is 10.1 Å². The van der Waals surface area contributed by atoms with Gasteiger partial charge < -0.3 is 14.4 Å². The van der Waals surface area contributed by atoms with Crippen LogP contribution in [0, 0.1) is 11.7 Å². The molecule has 2 saturated heterocycles. The van der Waals surface area contributed by atoms with Crippen molar-refractivity contribution >= 4 is 28.3 Å². The van der Waals surface area contributed by atoms with Gasteiger partial charge in [-0.2, -0.15) is 0 Å². The van der Waals surface area contributed by atoms with E-state index in [1.54, 1.807) is 25.3 Å². The Morgan fingerprint density at radius 2 is 1.81 bits per heavy atom. The standard InChI is InChI=1S/C35H39ClFN3O3/c1-43-33-8-3-7-30-31(35(42)38-21-23-5-2-6-27(37)17-23)22-39(34(30)33)15-4-16-40-28-13-14-29(40)19-24(18-28)20-32(41)25-9-11-26(36)12-10-25/h2-3,5-12,17,22,24,28-29,35,38,42H,4,13-16,18-21H2,1H3/t24?,28-,29?,35?/m1/s1. The summed E-state index contributed by atoms with van der Waals surface area (Å²) >= 11 is 6.00. The molecule has 0 radical (unpaired) electrons. The lowest BCUT2D eigenvalue weighted by Crippen LogP contribution is -2.43. The SMILES string of the molecule is COc1cccc2c(C(O)NCc3cccc(F)c3)cn(CCCN3C4CC[C@@H]3CC(CC(=O)c3ccc(Cl)cc3)C4)c12. The number of aromatic nitrogens is 1. The van der Waals surface area contributed by atoms with E-state index >= 15 is 0 Å². The highest BCUT2D eigenvalue weighted by molar-refractivity contribution is 6.30. The van der Waals surface area contributed by atoms with Crippen molar-refractivity contribution in [2.45, 2.75) is 69.9 Å². The van der Waals surface area contributed by atoms with Crippen LogP contribution in [0.15, 0.2) is 72.9 Å². The van der Waals surface area contributed by atoms with E-state index in [-0.39, 0.29) is 11.6 Å². The first-order valence-electron chi connectivity index (χ1n) is 15.3. The Morgan fingerprint density at radius 1 is 1.07 bits per heavy atom. The molecule has 6 nitrogen and oxygen atoms in total. The number of ketones is 1. The molecule has 2 bridgehead atoms. The number of hydrogen-bond acceptors (Lipinski definition) is 5. The number of piperidine rings is 1. The molecule has 1 aromatic heterocycles. The maximum atomic E-state index is 13.6. The summed E-state index contributed by atoms with van der Waals surface area (Å²) in [7, 11) is 1.67. The lowest BCUT2D eigenvalue weighted by atomic mass is 9.85. The molecule has 226 valence electrons. The maximum Gasteiger partial charge on any atom is 0.163 e. The number of fused-ring (bicyclic) bond motifs is 3. The third kappa shape index (κ3) is 6.65. The topological polar surface area (TPSA) is 66.7 Å². The molecular formula is C35H39ClFN3O3. The van der Waals surface area contributed by atoms with Gasteiger partial charge in [0.05, 0.1) is 12.6 Å². The molecular weight excluding hydrogens is 565 g/mol. The van der Waals surface area contributed by atoms with Gasteiger partial charge in [-0.05, 0) is 86.1 Å². The van der Waals surface area contributed by atoms with Crippen molar-refractivity contribution in [3.63, 3.8) is 0 Å². The number of benzene rings is 3. The summed E-state index contributed by atoms with van der Waals surface area (Å²) in [5.74, 6) is 1.12. The molecule has 0 amide bonds. The van der Waals surface area contributed by atoms with E-state index in [0.717, 1.165) is 65.7 Å². The van der Waals surface area contributed by atoms with Crippen LogP contribution in [0.3, 0.4) is 0 Å². The van der Waals surface area contributed by atoms with E-state index in [4.69, 9.17) is 16.3 Å². The average molecular weight is 604 g/mol. The molecule has 3 unspecified atom stereocenters. The number of aliphatic hydroxyl groups excluding tert-OH is 1. The van der Waals surface area contributed by atoms with Crippen molar-refractivity contribution in [1.29, 1.82) is 0 Å². The quantitative estimate of drug-likeness (QED) is 0.133. The molecule has 0 spiro atoms. The van der Waals surface area contributed by atoms with Crippen molar-refractivity contribution in [1.82, 2.24) is 14.8 Å². The smallest absolute Gasteiger partial charge is 0.163 e. The molecule has 6 rings (SSSR count). The first-order valence-corrected chi connectivity index (χ1v) is 15.6. The van der Waals surface area contributed by atoms with Crippen LogP contribution in [0.1, 0.15) is 66.2 Å². The molecule has 43 heavy (non-hydrogen) atoms. The summed E-state index contributed by atoms with van der Waals surface area (Å²) in [6.07, 6.45) is 7.22. The number of carbonyl (C=O) groups is 1. The minimum absolute atomic E-state index is 0.214. The number of rotatable bonds is 12. The van der Waals surface area contributed by atoms with Gasteiger partial charge in [0.2, 0.25) is 0 Å². The first-order chi connectivity index (χ1) is 20.9. The summed E-state index contributed by atoms with van der Waals surface area (Å²) in [5, 5.41) is 15.8. The predicted molar refractivity (Wildman–Crippen MR) is 168 cm³/mol. The van der Waals surface area contributed by atoms with Gasteiger partial charge in [-0.15, -0.1) is 0 Å². The zero-order chi connectivity index (χ0) is 29.9. The van der Waals surface area contributed by atoms with Crippen LogP contribution in [-0.2, 0) is 13.1 Å². The molecule has 4 aromatic rings. The van der Waals surface area contributed by atoms with Gasteiger partial charge in [-0.1, -0.05) is 35.9 Å². The van der Waals surface area contributed by atoms with Crippen LogP contribution in [0.4, 0.5) is 4.39 Å². The molecule has 0 saturated carbocycles. The van der Waals surface area contributed by atoms with Gasteiger partial charge >= 0.3 is 0 Å². The van der Waals surface area contributed by atoms with Gasteiger partial charge in [0.25, 0.3) is 0 Å². The highest BCUT2D eigenvalue weighted by atomic mass is 35.5. The summed E-state index contributed by atoms with van der Waals surface area (Å²) < 4.78 is 21.5. The lowest BCUT2D eigenvalue weighted by Gasteiger charge is -2.39. The second-order valence-electron chi connectivity index (χ2n) is 12.0. The molecule has 3 heterocycles. The fourth-order valence-electron chi connectivity index (χ4n) is 7.24. The van der Waals surface area contributed by atoms with Gasteiger partial charge in [0.15, 0.2) is 5.78 Å². The third-order valence-electron chi connectivity index (χ3n) is 9.23. The molecule has 2 fully saturated rings. The van der Waals surface area contributed by atoms with Crippen molar-refractivity contribution in [3.8, 4) is 5.75 Å². The first kappa shape index (κ1) is 29.8. The van der Waals surface area contributed by atoms with Crippen molar-refractivity contribution in [3.05, 3.63) is 100 Å². The normalized spacial score (nSPS) is 20.9. The number of nitrogens with one attached hydrogen (secondary N) is 1. The minimum Gasteiger partial charge on any atom is -0.495 e. The zero-order valence-corrected chi connectivity index (χ0v) is 25.3. The highest BCUT2D eigenvalue weighted by Crippen LogP contribution is 2.40. The van der Waals surface area contributed by atoms with Crippen LogP contribution in [-0.4, -0.2) is 46.1 Å². The Kier molecular flexibility index (Phi) is 9.14. The number of halogens is 2. The molecule has 8 heteroatoms. The van der Waals surface area contributed by atoms with E-state index < -0.39 is 6.23 Å². The number of para-hydroxylation sites is 1. The fourth-order valence-corrected chi connectivity index (χ4v) is 7.37. The largest absolute Gasteiger partial charge is 0.495 e. The summed E-state index contributed by atoms with van der Waals surface area (Å²) in [6, 6.07) is 20.6. The van der Waals surface area contributed by atoms with Crippen LogP contribution >= 0.6 is 11.6 Å². The van der Waals surface area contributed by atoms with Gasteiger partial charge in [0, 0.05) is 65.9 Å². The maximum absolute atomic E-state index is 13.6. The van der Waals surface area contributed by atoms with Crippen molar-refractivity contribution in [2.24, 2.45) is 5.92 Å². The minimum atomic E-state index is -0.912. The van der Waals surface area contributed by atoms with E-state index in [1.807, 2.05) is 42.6 Å². The van der Waals surface area contributed by atoms with Gasteiger partial charge in [-0.3, -0.25) is 15.0 Å². The molecule has 2 aliphatic rings. The Balaban J connectivity index is 1.09. The van der Waals surface area contributed by atoms with E-state index in [0.29, 0.717) is 36.0 Å². The Bertz CT molecular complexity index is 1560. The number of aliphatic hydroxyl groups is 1. The second kappa shape index (κ2) is 13.2. The Morgan fingerprint density at radius 3 is 2.53 bits per heavy atom. The number of Topliss-reactive ketones (excluding diaryl/α,β-unsaturated/α-hetero) is 1. The van der Waals surface area contributed by atoms with Crippen LogP contribution in [0.25, 0.3) is 10.9 Å². The molecule has 4 atom stereocenters. The Hall–Kier alpha value is -3.23. The number of ether oxygens (including phenoxy) is 1. The molecule has 2 N–H and O–H groups in total. The zero-order valence-electron chi connectivity index (χ0n) is 24.5.